The molecule has 1 aromatic rings. The molecular weight excluding hydrogens is 512 g/mol. The average Bonchev–Trinajstić information content (AvgIpc) is 2.60. The van der Waals surface area contributed by atoms with E-state index in [1.807, 2.05) is 0 Å². The summed E-state index contributed by atoms with van der Waals surface area (Å²) >= 11 is 0. The van der Waals surface area contributed by atoms with Crippen LogP contribution in [0, 0.1) is 0 Å². The Kier molecular flexibility index (Phi) is 7.55. The first-order valence-electron chi connectivity index (χ1n) is 8.72. The molecule has 0 aliphatic rings. The molecular formula is C17H16F12O3S. The maximum absolute atomic E-state index is 13.8. The Labute approximate surface area is 179 Å². The van der Waals surface area contributed by atoms with Gasteiger partial charge in [0.25, 0.3) is 10.1 Å². The summed E-state index contributed by atoms with van der Waals surface area (Å²) in [7, 11) is -5.67. The number of hydrogen-bond acceptors (Lipinski definition) is 3. The Hall–Kier alpha value is -1.71. The molecule has 1 atom stereocenters. The van der Waals surface area contributed by atoms with Crippen molar-refractivity contribution in [2.75, 3.05) is 0 Å². The normalized spacial score (nSPS) is 16.1. The molecule has 0 aliphatic heterocycles. The maximum atomic E-state index is 13.8. The Morgan fingerprint density at radius 1 is 0.788 bits per heavy atom. The van der Waals surface area contributed by atoms with E-state index in [9.17, 15) is 61.1 Å². The van der Waals surface area contributed by atoms with E-state index in [0.717, 1.165) is 6.92 Å². The van der Waals surface area contributed by atoms with Crippen LogP contribution in [0.25, 0.3) is 0 Å². The van der Waals surface area contributed by atoms with Gasteiger partial charge in [0, 0.05) is 5.56 Å². The summed E-state index contributed by atoms with van der Waals surface area (Å²) in [5.74, 6) is 0. The lowest BCUT2D eigenvalue weighted by Gasteiger charge is -2.39. The topological polar surface area (TPSA) is 43.4 Å². The van der Waals surface area contributed by atoms with Crippen molar-refractivity contribution in [2.24, 2.45) is 0 Å². The van der Waals surface area contributed by atoms with Gasteiger partial charge < -0.3 is 0 Å². The van der Waals surface area contributed by atoms with E-state index in [1.54, 1.807) is 0 Å². The van der Waals surface area contributed by atoms with Crippen molar-refractivity contribution in [3.63, 3.8) is 0 Å². The minimum Gasteiger partial charge on any atom is -0.239 e. The minimum absolute atomic E-state index is 0.0190. The van der Waals surface area contributed by atoms with Crippen molar-refractivity contribution < 1.29 is 65.3 Å². The molecule has 0 bridgehead atoms. The lowest BCUT2D eigenvalue weighted by molar-refractivity contribution is -0.364. The Bertz CT molecular complexity index is 914. The molecule has 33 heavy (non-hydrogen) atoms. The first-order chi connectivity index (χ1) is 14.4. The molecule has 0 saturated heterocycles. The molecule has 3 nitrogen and oxygen atoms in total. The molecule has 0 saturated carbocycles. The van der Waals surface area contributed by atoms with Crippen molar-refractivity contribution in [2.45, 2.75) is 68.2 Å². The molecule has 192 valence electrons. The van der Waals surface area contributed by atoms with Gasteiger partial charge in [-0.25, -0.2) is 4.18 Å². The second kappa shape index (κ2) is 8.50. The van der Waals surface area contributed by atoms with E-state index >= 15 is 0 Å². The fraction of sp³-hybridized carbons (Fsp3) is 0.647. The molecule has 16 heteroatoms. The van der Waals surface area contributed by atoms with Crippen LogP contribution in [0.5, 0.6) is 0 Å². The predicted molar refractivity (Wildman–Crippen MR) is 89.4 cm³/mol. The lowest BCUT2D eigenvalue weighted by atomic mass is 9.78. The monoisotopic (exact) mass is 528 g/mol. The highest BCUT2D eigenvalue weighted by molar-refractivity contribution is 7.87. The molecule has 1 rings (SSSR count). The van der Waals surface area contributed by atoms with Crippen LogP contribution in [-0.2, 0) is 25.3 Å². The summed E-state index contributed by atoms with van der Waals surface area (Å²) in [5.41, 5.74) is -15.0. The van der Waals surface area contributed by atoms with Crippen LogP contribution in [0.4, 0.5) is 52.7 Å². The molecule has 0 fully saturated rings. The van der Waals surface area contributed by atoms with Crippen LogP contribution in [0.2, 0.25) is 0 Å². The van der Waals surface area contributed by atoms with Crippen molar-refractivity contribution in [1.82, 2.24) is 0 Å². The zero-order chi connectivity index (χ0) is 26.5. The van der Waals surface area contributed by atoms with Crippen LogP contribution in [-0.4, -0.2) is 38.4 Å². The number of alkyl halides is 12. The third-order valence-corrected chi connectivity index (χ3v) is 6.89. The van der Waals surface area contributed by atoms with Crippen LogP contribution in [0.1, 0.15) is 38.3 Å². The Morgan fingerprint density at radius 2 is 1.18 bits per heavy atom. The van der Waals surface area contributed by atoms with Gasteiger partial charge in [-0.15, -0.1) is 0 Å². The molecule has 0 aliphatic carbocycles. The highest BCUT2D eigenvalue weighted by Gasteiger charge is 2.76. The molecule has 0 radical (unpaired) electrons. The zero-order valence-electron chi connectivity index (χ0n) is 16.8. The predicted octanol–water partition coefficient (Wildman–Crippen LogP) is 6.53. The van der Waals surface area contributed by atoms with Gasteiger partial charge in [-0.05, 0) is 25.8 Å². The van der Waals surface area contributed by atoms with Crippen LogP contribution >= 0.6 is 0 Å². The number of benzene rings is 1. The molecule has 0 amide bonds. The van der Waals surface area contributed by atoms with Crippen molar-refractivity contribution in [3.05, 3.63) is 35.4 Å². The van der Waals surface area contributed by atoms with Crippen molar-refractivity contribution in [1.29, 1.82) is 0 Å². The maximum Gasteiger partial charge on any atom is 0.432 e. The van der Waals surface area contributed by atoms with Crippen LogP contribution < -0.4 is 0 Å². The third kappa shape index (κ3) is 4.91. The third-order valence-electron chi connectivity index (χ3n) is 5.09. The van der Waals surface area contributed by atoms with Crippen LogP contribution in [0.15, 0.2) is 24.3 Å². The molecule has 1 unspecified atom stereocenters. The fourth-order valence-corrected chi connectivity index (χ4v) is 3.83. The Balaban J connectivity index is 4.09. The highest BCUT2D eigenvalue weighted by atomic mass is 32.2. The number of halogens is 12. The fourth-order valence-electron chi connectivity index (χ4n) is 2.63. The second-order valence-corrected chi connectivity index (χ2v) is 9.13. The summed E-state index contributed by atoms with van der Waals surface area (Å²) in [5, 5.41) is -1.93. The van der Waals surface area contributed by atoms with E-state index in [2.05, 4.69) is 4.18 Å². The highest BCUT2D eigenvalue weighted by Crippen LogP contribution is 2.56. The van der Waals surface area contributed by atoms with Gasteiger partial charge in [0.05, 0.1) is 5.25 Å². The van der Waals surface area contributed by atoms with Gasteiger partial charge in [-0.3, -0.25) is 0 Å². The lowest BCUT2D eigenvalue weighted by Crippen LogP contribution is -2.58. The first kappa shape index (κ1) is 29.3. The largest absolute Gasteiger partial charge is 0.432 e. The number of hydrogen-bond donors (Lipinski definition) is 0. The van der Waals surface area contributed by atoms with Gasteiger partial charge in [-0.1, -0.05) is 31.2 Å². The van der Waals surface area contributed by atoms with Gasteiger partial charge in [0.15, 0.2) is 5.41 Å². The minimum atomic E-state index is -6.67. The average molecular weight is 528 g/mol. The quantitative estimate of drug-likeness (QED) is 0.312. The second-order valence-electron chi connectivity index (χ2n) is 7.17. The summed E-state index contributed by atoms with van der Waals surface area (Å²) in [4.78, 5) is 0. The van der Waals surface area contributed by atoms with Gasteiger partial charge in [0.2, 0.25) is 0 Å². The van der Waals surface area contributed by atoms with Crippen molar-refractivity contribution >= 4 is 10.1 Å². The van der Waals surface area contributed by atoms with Crippen molar-refractivity contribution in [3.8, 4) is 0 Å². The summed E-state index contributed by atoms with van der Waals surface area (Å²) in [6, 6.07) is -0.686. The number of rotatable bonds is 6. The smallest absolute Gasteiger partial charge is 0.239 e. The SMILES string of the molecule is CCC(C)S(=O)(=O)OC(c1cccc(C(C)(C(F)(F)F)C(F)(F)F)c1)(C(F)(F)F)C(F)(F)F. The first-order valence-corrected chi connectivity index (χ1v) is 10.2. The summed E-state index contributed by atoms with van der Waals surface area (Å²) < 4.78 is 190. The summed E-state index contributed by atoms with van der Waals surface area (Å²) in [6.45, 7) is 1.30. The van der Waals surface area contributed by atoms with E-state index < -0.39 is 81.6 Å². The van der Waals surface area contributed by atoms with E-state index in [1.165, 1.54) is 0 Å². The molecule has 0 heterocycles. The molecule has 0 aromatic heterocycles. The molecule has 0 spiro atoms. The zero-order valence-corrected chi connectivity index (χ0v) is 17.6. The van der Waals surface area contributed by atoms with Gasteiger partial charge in [0.1, 0.15) is 0 Å². The van der Waals surface area contributed by atoms with Gasteiger partial charge >= 0.3 is 30.3 Å². The van der Waals surface area contributed by atoms with E-state index in [0.29, 0.717) is 6.92 Å². The van der Waals surface area contributed by atoms with E-state index in [-0.39, 0.29) is 18.2 Å². The standard InChI is InChI=1S/C17H16F12O3S/c1-4-9(2)33(30,31)32-13(16(24,25)26,17(27,28)29)11-7-5-6-10(8-11)12(3,14(18,19)20)15(21,22)23/h5-9H,4H2,1-3H3. The Morgan fingerprint density at radius 3 is 1.52 bits per heavy atom. The van der Waals surface area contributed by atoms with Crippen LogP contribution in [0.3, 0.4) is 0 Å². The van der Waals surface area contributed by atoms with Gasteiger partial charge in [-0.2, -0.15) is 61.1 Å². The molecule has 1 aromatic carbocycles. The van der Waals surface area contributed by atoms with E-state index in [4.69, 9.17) is 0 Å². The molecule has 0 N–H and O–H groups in total. The summed E-state index contributed by atoms with van der Waals surface area (Å²) in [6.07, 6.45) is -26.3.